The molecule has 5 nitrogen and oxygen atoms in total. The highest BCUT2D eigenvalue weighted by Crippen LogP contribution is 2.37. The molecule has 7 rings (SSSR count). The van der Waals surface area contributed by atoms with Crippen LogP contribution in [0, 0.1) is 11.3 Å². The number of hydrogen-bond donors (Lipinski definition) is 0. The summed E-state index contributed by atoms with van der Waals surface area (Å²) in [4.78, 5) is 28.7. The van der Waals surface area contributed by atoms with Gasteiger partial charge in [0.25, 0.3) is 5.91 Å². The van der Waals surface area contributed by atoms with Crippen LogP contribution in [0.1, 0.15) is 26.3 Å². The van der Waals surface area contributed by atoms with Crippen LogP contribution in [0.5, 0.6) is 0 Å². The molecule has 0 spiro atoms. The van der Waals surface area contributed by atoms with Crippen molar-refractivity contribution in [2.24, 2.45) is 0 Å². The van der Waals surface area contributed by atoms with E-state index in [4.69, 9.17) is 0 Å². The molecule has 5 heteroatoms. The van der Waals surface area contributed by atoms with Gasteiger partial charge in [0.15, 0.2) is 6.29 Å². The fourth-order valence-corrected chi connectivity index (χ4v) is 6.16. The zero-order valence-corrected chi connectivity index (χ0v) is 24.5. The first-order valence-corrected chi connectivity index (χ1v) is 14.6. The second kappa shape index (κ2) is 11.4. The zero-order valence-electron chi connectivity index (χ0n) is 24.5. The Labute approximate surface area is 260 Å². The largest absolute Gasteiger partial charge is 0.311 e. The SMILES string of the molecule is CN(C(=O)c1c(C=O)cccc1-n1c2ccccc2c2ccc(-c3cccc(C#N)c3)cc21)c1ccccc1-c1ccccc1. The summed E-state index contributed by atoms with van der Waals surface area (Å²) in [6.45, 7) is 0. The van der Waals surface area contributed by atoms with Crippen LogP contribution < -0.4 is 4.90 Å². The van der Waals surface area contributed by atoms with Crippen molar-refractivity contribution >= 4 is 39.7 Å². The van der Waals surface area contributed by atoms with Crippen LogP contribution in [-0.4, -0.2) is 23.8 Å². The molecule has 214 valence electrons. The molecule has 0 bridgehead atoms. The van der Waals surface area contributed by atoms with Crippen molar-refractivity contribution in [2.75, 3.05) is 11.9 Å². The van der Waals surface area contributed by atoms with Crippen LogP contribution >= 0.6 is 0 Å². The molecule has 45 heavy (non-hydrogen) atoms. The molecule has 0 aliphatic carbocycles. The summed E-state index contributed by atoms with van der Waals surface area (Å²) in [7, 11) is 1.75. The fourth-order valence-electron chi connectivity index (χ4n) is 6.16. The Bertz CT molecular complexity index is 2290. The number of anilines is 1. The Kier molecular flexibility index (Phi) is 7.01. The molecule has 0 aliphatic heterocycles. The Hall–Kier alpha value is -6.25. The van der Waals surface area contributed by atoms with E-state index in [0.717, 1.165) is 56.0 Å². The Morgan fingerprint density at radius 3 is 2.20 bits per heavy atom. The highest BCUT2D eigenvalue weighted by atomic mass is 16.2. The average Bonchev–Trinajstić information content (AvgIpc) is 3.44. The molecule has 0 radical (unpaired) electrons. The van der Waals surface area contributed by atoms with Gasteiger partial charge in [-0.2, -0.15) is 5.26 Å². The number of hydrogen-bond acceptors (Lipinski definition) is 3. The van der Waals surface area contributed by atoms with E-state index in [9.17, 15) is 14.9 Å². The van der Waals surface area contributed by atoms with Gasteiger partial charge in [0, 0.05) is 28.9 Å². The number of carbonyl (C=O) groups excluding carboxylic acids is 2. The third-order valence-corrected chi connectivity index (χ3v) is 8.31. The lowest BCUT2D eigenvalue weighted by molar-refractivity contribution is 0.0986. The number of amides is 1. The van der Waals surface area contributed by atoms with Gasteiger partial charge in [-0.1, -0.05) is 103 Å². The van der Waals surface area contributed by atoms with Gasteiger partial charge in [0.1, 0.15) is 0 Å². The van der Waals surface area contributed by atoms with Crippen molar-refractivity contribution < 1.29 is 9.59 Å². The van der Waals surface area contributed by atoms with Crippen LogP contribution in [0.2, 0.25) is 0 Å². The summed E-state index contributed by atoms with van der Waals surface area (Å²) >= 11 is 0. The minimum atomic E-state index is -0.292. The van der Waals surface area contributed by atoms with E-state index < -0.39 is 0 Å². The maximum atomic E-state index is 14.6. The monoisotopic (exact) mass is 581 g/mol. The average molecular weight is 582 g/mol. The van der Waals surface area contributed by atoms with E-state index in [1.54, 1.807) is 24.1 Å². The Morgan fingerprint density at radius 1 is 0.689 bits per heavy atom. The van der Waals surface area contributed by atoms with E-state index >= 15 is 0 Å². The van der Waals surface area contributed by atoms with Gasteiger partial charge in [-0.15, -0.1) is 0 Å². The lowest BCUT2D eigenvalue weighted by Gasteiger charge is -2.24. The number of carbonyl (C=O) groups is 2. The second-order valence-electron chi connectivity index (χ2n) is 10.9. The standard InChI is InChI=1S/C40H27N3O2/c1-42(35-18-7-5-16-32(35)28-12-3-2-4-13-28)40(45)39-31(26-44)15-10-20-37(39)43-36-19-8-6-17-33(36)34-22-21-30(24-38(34)43)29-14-9-11-27(23-29)25-41/h2-24,26H,1H3. The molecule has 7 aromatic rings. The first-order valence-electron chi connectivity index (χ1n) is 14.6. The molecule has 0 saturated carbocycles. The molecule has 1 heterocycles. The van der Waals surface area contributed by atoms with Gasteiger partial charge < -0.3 is 9.47 Å². The molecule has 6 aromatic carbocycles. The van der Waals surface area contributed by atoms with E-state index in [1.807, 2.05) is 103 Å². The van der Waals surface area contributed by atoms with Gasteiger partial charge >= 0.3 is 0 Å². The third kappa shape index (κ3) is 4.75. The van der Waals surface area contributed by atoms with E-state index in [0.29, 0.717) is 22.4 Å². The van der Waals surface area contributed by atoms with Crippen molar-refractivity contribution in [1.29, 1.82) is 5.26 Å². The van der Waals surface area contributed by atoms with Crippen molar-refractivity contribution in [1.82, 2.24) is 4.57 Å². The molecular formula is C40H27N3O2. The van der Waals surface area contributed by atoms with Gasteiger partial charge in [-0.25, -0.2) is 0 Å². The maximum Gasteiger partial charge on any atom is 0.260 e. The highest BCUT2D eigenvalue weighted by molar-refractivity contribution is 6.16. The summed E-state index contributed by atoms with van der Waals surface area (Å²) in [5.41, 5.74) is 8.14. The Morgan fingerprint density at radius 2 is 1.38 bits per heavy atom. The molecular weight excluding hydrogens is 554 g/mol. The van der Waals surface area contributed by atoms with Crippen LogP contribution in [0.15, 0.2) is 140 Å². The van der Waals surface area contributed by atoms with Gasteiger partial charge in [0.2, 0.25) is 0 Å². The van der Waals surface area contributed by atoms with E-state index in [-0.39, 0.29) is 5.91 Å². The van der Waals surface area contributed by atoms with E-state index in [1.165, 1.54) is 0 Å². The molecule has 0 unspecified atom stereocenters. The van der Waals surface area contributed by atoms with Crippen LogP contribution in [0.25, 0.3) is 49.7 Å². The number of nitrogens with zero attached hydrogens (tertiary/aromatic N) is 3. The summed E-state index contributed by atoms with van der Waals surface area (Å²) in [6.07, 6.45) is 0.750. The van der Waals surface area contributed by atoms with Gasteiger partial charge in [-0.05, 0) is 53.1 Å². The van der Waals surface area contributed by atoms with Crippen LogP contribution in [-0.2, 0) is 0 Å². The second-order valence-corrected chi connectivity index (χ2v) is 10.9. The van der Waals surface area contributed by atoms with Crippen LogP contribution in [0.3, 0.4) is 0 Å². The Balaban J connectivity index is 1.45. The van der Waals surface area contributed by atoms with Crippen molar-refractivity contribution in [3.8, 4) is 34.0 Å². The number of aromatic nitrogens is 1. The lowest BCUT2D eigenvalue weighted by atomic mass is 10.0. The molecule has 1 amide bonds. The topological polar surface area (TPSA) is 66.1 Å². The van der Waals surface area contributed by atoms with Crippen molar-refractivity contribution in [2.45, 2.75) is 0 Å². The number of nitriles is 1. The molecule has 1 aromatic heterocycles. The summed E-state index contributed by atoms with van der Waals surface area (Å²) in [5, 5.41) is 11.5. The lowest BCUT2D eigenvalue weighted by Crippen LogP contribution is -2.29. The van der Waals surface area contributed by atoms with Crippen molar-refractivity contribution in [3.05, 3.63) is 156 Å². The number of aldehydes is 1. The summed E-state index contributed by atoms with van der Waals surface area (Å²) in [6, 6.07) is 47.2. The van der Waals surface area contributed by atoms with Crippen molar-refractivity contribution in [3.63, 3.8) is 0 Å². The first-order chi connectivity index (χ1) is 22.1. The first kappa shape index (κ1) is 27.6. The predicted molar refractivity (Wildman–Crippen MR) is 181 cm³/mol. The minimum Gasteiger partial charge on any atom is -0.311 e. The summed E-state index contributed by atoms with van der Waals surface area (Å²) in [5.74, 6) is -0.292. The fraction of sp³-hybridized carbons (Fsp3) is 0.0250. The minimum absolute atomic E-state index is 0.292. The summed E-state index contributed by atoms with van der Waals surface area (Å²) < 4.78 is 2.07. The molecule has 0 N–H and O–H groups in total. The molecule has 0 saturated heterocycles. The normalized spacial score (nSPS) is 10.9. The highest BCUT2D eigenvalue weighted by Gasteiger charge is 2.25. The predicted octanol–water partition coefficient (Wildman–Crippen LogP) is 9.08. The number of fused-ring (bicyclic) bond motifs is 3. The third-order valence-electron chi connectivity index (χ3n) is 8.31. The smallest absolute Gasteiger partial charge is 0.260 e. The number of rotatable bonds is 6. The molecule has 0 fully saturated rings. The maximum absolute atomic E-state index is 14.6. The number of para-hydroxylation sites is 2. The quantitative estimate of drug-likeness (QED) is 0.184. The number of benzene rings is 6. The van der Waals surface area contributed by atoms with Crippen LogP contribution in [0.4, 0.5) is 5.69 Å². The van der Waals surface area contributed by atoms with Gasteiger partial charge in [0.05, 0.1) is 39.6 Å². The van der Waals surface area contributed by atoms with Gasteiger partial charge in [-0.3, -0.25) is 9.59 Å². The molecule has 0 aliphatic rings. The zero-order chi connectivity index (χ0) is 30.9. The van der Waals surface area contributed by atoms with E-state index in [2.05, 4.69) is 34.9 Å². The molecule has 0 atom stereocenters.